The van der Waals surface area contributed by atoms with Crippen LogP contribution in [0, 0.1) is 0 Å². The van der Waals surface area contributed by atoms with E-state index in [1.165, 1.54) is 6.07 Å². The maximum absolute atomic E-state index is 12.6. The van der Waals surface area contributed by atoms with Crippen molar-refractivity contribution in [1.82, 2.24) is 0 Å². The Balaban J connectivity index is 1.65. The summed E-state index contributed by atoms with van der Waals surface area (Å²) in [5.41, 5.74) is 2.46. The van der Waals surface area contributed by atoms with Crippen LogP contribution >= 0.6 is 0 Å². The van der Waals surface area contributed by atoms with Gasteiger partial charge in [-0.25, -0.2) is 0 Å². The van der Waals surface area contributed by atoms with Crippen molar-refractivity contribution in [3.63, 3.8) is 0 Å². The highest BCUT2D eigenvalue weighted by Crippen LogP contribution is 2.31. The van der Waals surface area contributed by atoms with Gasteiger partial charge in [0.25, 0.3) is 0 Å². The lowest BCUT2D eigenvalue weighted by molar-refractivity contribution is -0.115. The van der Waals surface area contributed by atoms with Gasteiger partial charge >= 0.3 is 0 Å². The zero-order chi connectivity index (χ0) is 20.9. The topological polar surface area (TPSA) is 68.5 Å². The summed E-state index contributed by atoms with van der Waals surface area (Å²) < 4.78 is 11.7. The van der Waals surface area contributed by atoms with Crippen LogP contribution < -0.4 is 15.5 Å². The zero-order valence-corrected chi connectivity index (χ0v) is 16.6. The van der Waals surface area contributed by atoms with Crippen LogP contribution in [-0.2, 0) is 11.2 Å². The van der Waals surface area contributed by atoms with Crippen molar-refractivity contribution < 1.29 is 13.9 Å². The second-order valence-corrected chi connectivity index (χ2v) is 6.83. The highest BCUT2D eigenvalue weighted by Gasteiger charge is 2.12. The lowest BCUT2D eigenvalue weighted by Gasteiger charge is -2.10. The number of carbonyl (C=O) groups excluding carboxylic acids is 1. The van der Waals surface area contributed by atoms with Crippen molar-refractivity contribution >= 4 is 22.6 Å². The average molecular weight is 399 g/mol. The number of para-hydroxylation sites is 1. The van der Waals surface area contributed by atoms with Crippen molar-refractivity contribution in [3.8, 4) is 17.1 Å². The molecule has 0 saturated carbocycles. The molecular formula is C25H21NO4. The van der Waals surface area contributed by atoms with Crippen LogP contribution in [0.25, 0.3) is 22.3 Å². The van der Waals surface area contributed by atoms with Gasteiger partial charge in [-0.3, -0.25) is 9.59 Å². The van der Waals surface area contributed by atoms with Crippen LogP contribution in [0.5, 0.6) is 5.75 Å². The fraction of sp³-hybridized carbons (Fsp3) is 0.120. The van der Waals surface area contributed by atoms with Gasteiger partial charge in [0.2, 0.25) is 5.91 Å². The van der Waals surface area contributed by atoms with E-state index in [0.717, 1.165) is 5.56 Å². The van der Waals surface area contributed by atoms with Gasteiger partial charge in [-0.1, -0.05) is 42.5 Å². The van der Waals surface area contributed by atoms with Crippen molar-refractivity contribution in [3.05, 3.63) is 94.6 Å². The normalized spacial score (nSPS) is 10.7. The minimum atomic E-state index is -0.153. The molecule has 1 aromatic heterocycles. The van der Waals surface area contributed by atoms with Crippen LogP contribution in [-0.4, -0.2) is 12.5 Å². The fourth-order valence-electron chi connectivity index (χ4n) is 3.30. The van der Waals surface area contributed by atoms with Gasteiger partial charge in [0.05, 0.1) is 24.0 Å². The van der Waals surface area contributed by atoms with Gasteiger partial charge in [0.1, 0.15) is 17.1 Å². The fourth-order valence-corrected chi connectivity index (χ4v) is 3.30. The molecule has 0 aliphatic heterocycles. The molecule has 0 unspecified atom stereocenters. The molecule has 0 fully saturated rings. The second kappa shape index (κ2) is 8.66. The van der Waals surface area contributed by atoms with Crippen LogP contribution in [0.1, 0.15) is 12.5 Å². The molecule has 1 N–H and O–H groups in total. The largest absolute Gasteiger partial charge is 0.493 e. The van der Waals surface area contributed by atoms with Crippen molar-refractivity contribution in [2.75, 3.05) is 11.9 Å². The van der Waals surface area contributed by atoms with Gasteiger partial charge in [-0.15, -0.1) is 0 Å². The van der Waals surface area contributed by atoms with Crippen LogP contribution in [0.15, 0.2) is 88.1 Å². The molecule has 0 atom stereocenters. The number of carbonyl (C=O) groups is 1. The van der Waals surface area contributed by atoms with Crippen LogP contribution in [0.4, 0.5) is 5.69 Å². The highest BCUT2D eigenvalue weighted by atomic mass is 16.5. The third kappa shape index (κ3) is 4.25. The van der Waals surface area contributed by atoms with E-state index >= 15 is 0 Å². The monoisotopic (exact) mass is 399 g/mol. The summed E-state index contributed by atoms with van der Waals surface area (Å²) in [5.74, 6) is 0.930. The molecule has 5 nitrogen and oxygen atoms in total. The summed E-state index contributed by atoms with van der Waals surface area (Å²) in [4.78, 5) is 25.0. The van der Waals surface area contributed by atoms with E-state index in [-0.39, 0.29) is 17.8 Å². The number of amides is 1. The van der Waals surface area contributed by atoms with Gasteiger partial charge in [-0.2, -0.15) is 0 Å². The Hall–Kier alpha value is -3.86. The molecule has 0 bridgehead atoms. The van der Waals surface area contributed by atoms with Crippen molar-refractivity contribution in [1.29, 1.82) is 0 Å². The number of anilines is 1. The number of nitrogens with one attached hydrogen (secondary N) is 1. The van der Waals surface area contributed by atoms with Crippen LogP contribution in [0.3, 0.4) is 0 Å². The Morgan fingerprint density at radius 1 is 0.967 bits per heavy atom. The summed E-state index contributed by atoms with van der Waals surface area (Å²) in [5, 5.41) is 3.32. The quantitative estimate of drug-likeness (QED) is 0.493. The van der Waals surface area contributed by atoms with Crippen molar-refractivity contribution in [2.24, 2.45) is 0 Å². The maximum Gasteiger partial charge on any atom is 0.228 e. The molecule has 0 saturated heterocycles. The second-order valence-electron chi connectivity index (χ2n) is 6.83. The Kier molecular flexibility index (Phi) is 5.61. The first-order valence-electron chi connectivity index (χ1n) is 9.78. The van der Waals surface area contributed by atoms with Gasteiger partial charge < -0.3 is 14.5 Å². The Labute approximate surface area is 173 Å². The van der Waals surface area contributed by atoms with E-state index in [1.807, 2.05) is 61.5 Å². The smallest absolute Gasteiger partial charge is 0.228 e. The lowest BCUT2D eigenvalue weighted by Crippen LogP contribution is -2.14. The lowest BCUT2D eigenvalue weighted by atomic mass is 10.1. The van der Waals surface area contributed by atoms with Gasteiger partial charge in [0, 0.05) is 17.8 Å². The maximum atomic E-state index is 12.6. The van der Waals surface area contributed by atoms with E-state index in [2.05, 4.69) is 5.32 Å². The Morgan fingerprint density at radius 2 is 1.73 bits per heavy atom. The molecule has 4 rings (SSSR count). The molecule has 0 aliphatic carbocycles. The number of benzene rings is 3. The minimum Gasteiger partial charge on any atom is -0.493 e. The standard InChI is InChI=1S/C25H21NO4/c1-2-29-22-11-7-6-10-20(22)24-16-21(27)19-13-12-18(15-23(19)30-24)26-25(28)14-17-8-4-3-5-9-17/h3-13,15-16H,2,14H2,1H3,(H,26,28). The molecule has 0 radical (unpaired) electrons. The minimum absolute atomic E-state index is 0.138. The molecule has 150 valence electrons. The molecule has 3 aromatic carbocycles. The molecule has 1 heterocycles. The molecule has 30 heavy (non-hydrogen) atoms. The molecule has 5 heteroatoms. The van der Waals surface area contributed by atoms with E-state index < -0.39 is 0 Å². The summed E-state index contributed by atoms with van der Waals surface area (Å²) in [6.45, 7) is 2.41. The van der Waals surface area contributed by atoms with Gasteiger partial charge in [-0.05, 0) is 36.8 Å². The first kappa shape index (κ1) is 19.5. The number of fused-ring (bicyclic) bond motifs is 1. The van der Waals surface area contributed by atoms with E-state index in [1.54, 1.807) is 18.2 Å². The summed E-state index contributed by atoms with van der Waals surface area (Å²) in [6.07, 6.45) is 0.268. The number of ether oxygens (including phenoxy) is 1. The molecular weight excluding hydrogens is 378 g/mol. The third-order valence-electron chi connectivity index (χ3n) is 4.67. The highest BCUT2D eigenvalue weighted by molar-refractivity contribution is 5.94. The molecule has 0 aliphatic rings. The molecule has 0 spiro atoms. The number of hydrogen-bond acceptors (Lipinski definition) is 4. The first-order chi connectivity index (χ1) is 14.6. The SMILES string of the molecule is CCOc1ccccc1-c1cc(=O)c2ccc(NC(=O)Cc3ccccc3)cc2o1. The number of hydrogen-bond donors (Lipinski definition) is 1. The zero-order valence-electron chi connectivity index (χ0n) is 16.6. The molecule has 1 amide bonds. The van der Waals surface area contributed by atoms with E-state index in [4.69, 9.17) is 9.15 Å². The van der Waals surface area contributed by atoms with Gasteiger partial charge in [0.15, 0.2) is 5.43 Å². The van der Waals surface area contributed by atoms with E-state index in [9.17, 15) is 9.59 Å². The first-order valence-corrected chi connectivity index (χ1v) is 9.78. The predicted octanol–water partition coefficient (Wildman–Crippen LogP) is 5.04. The van der Waals surface area contributed by atoms with Crippen LogP contribution in [0.2, 0.25) is 0 Å². The van der Waals surface area contributed by atoms with Crippen molar-refractivity contribution in [2.45, 2.75) is 13.3 Å². The number of rotatable bonds is 6. The Bertz CT molecular complexity index is 1240. The third-order valence-corrected chi connectivity index (χ3v) is 4.67. The molecule has 4 aromatic rings. The summed E-state index contributed by atoms with van der Waals surface area (Å²) >= 11 is 0. The average Bonchev–Trinajstić information content (AvgIpc) is 2.75. The Morgan fingerprint density at radius 3 is 2.53 bits per heavy atom. The predicted molar refractivity (Wildman–Crippen MR) is 118 cm³/mol. The summed E-state index contributed by atoms with van der Waals surface area (Å²) in [7, 11) is 0. The van der Waals surface area contributed by atoms with E-state index in [0.29, 0.717) is 40.3 Å². The summed E-state index contributed by atoms with van der Waals surface area (Å²) in [6, 6.07) is 23.4.